The quantitative estimate of drug-likeness (QED) is 0.0941. The van der Waals surface area contributed by atoms with Gasteiger partial charge in [-0.05, 0) is 18.9 Å². The molecule has 0 amide bonds. The van der Waals surface area contributed by atoms with Crippen LogP contribution in [0.2, 0.25) is 0 Å². The Kier molecular flexibility index (Phi) is 19.7. The number of aliphatic hydroxyl groups is 1. The van der Waals surface area contributed by atoms with Crippen molar-refractivity contribution in [2.75, 3.05) is 47.5 Å². The van der Waals surface area contributed by atoms with E-state index in [9.17, 15) is 14.6 Å². The molecule has 1 unspecified atom stereocenters. The molecule has 0 rings (SSSR count). The molecule has 8 heteroatoms. The summed E-state index contributed by atoms with van der Waals surface area (Å²) in [4.78, 5) is 11.7. The molecule has 0 saturated carbocycles. The zero-order valence-electron chi connectivity index (χ0n) is 21.1. The van der Waals surface area contributed by atoms with Crippen LogP contribution >= 0.6 is 7.82 Å². The van der Waals surface area contributed by atoms with Crippen molar-refractivity contribution < 1.29 is 32.8 Å². The van der Waals surface area contributed by atoms with Gasteiger partial charge in [0.25, 0.3) is 7.82 Å². The summed E-state index contributed by atoms with van der Waals surface area (Å²) < 4.78 is 27.0. The van der Waals surface area contributed by atoms with Crippen molar-refractivity contribution in [2.45, 2.75) is 96.5 Å². The summed E-state index contributed by atoms with van der Waals surface area (Å²) in [5.41, 5.74) is 0. The van der Waals surface area contributed by atoms with Gasteiger partial charge in [-0.2, -0.15) is 0 Å². The van der Waals surface area contributed by atoms with E-state index in [1.807, 2.05) is 27.2 Å². The molecule has 0 fully saturated rings. The highest BCUT2D eigenvalue weighted by atomic mass is 31.2. The Labute approximate surface area is 197 Å². The van der Waals surface area contributed by atoms with Crippen LogP contribution in [0.3, 0.4) is 0 Å². The lowest BCUT2D eigenvalue weighted by atomic mass is 10.0. The molecule has 1 N–H and O–H groups in total. The minimum absolute atomic E-state index is 0.0200. The van der Waals surface area contributed by atoms with Crippen LogP contribution in [0.25, 0.3) is 0 Å². The summed E-state index contributed by atoms with van der Waals surface area (Å²) in [6.45, 7) is 2.43. The normalized spacial score (nSPS) is 15.2. The number of rotatable bonds is 23. The lowest BCUT2D eigenvalue weighted by Crippen LogP contribution is -2.37. The molecule has 0 spiro atoms. The van der Waals surface area contributed by atoms with Gasteiger partial charge in [-0.1, -0.05) is 77.6 Å². The Bertz CT molecular complexity index is 495. The van der Waals surface area contributed by atoms with Crippen LogP contribution in [-0.4, -0.2) is 63.2 Å². The van der Waals surface area contributed by atoms with Gasteiger partial charge in [-0.3, -0.25) is 4.57 Å². The summed E-state index contributed by atoms with van der Waals surface area (Å²) >= 11 is 0. The predicted molar refractivity (Wildman–Crippen MR) is 129 cm³/mol. The van der Waals surface area contributed by atoms with Crippen molar-refractivity contribution in [3.63, 3.8) is 0 Å². The van der Waals surface area contributed by atoms with Crippen LogP contribution in [0.1, 0.15) is 90.4 Å². The van der Waals surface area contributed by atoms with E-state index >= 15 is 0 Å². The average Bonchev–Trinajstić information content (AvgIpc) is 2.71. The molecule has 0 radical (unpaired) electrons. The first-order valence-corrected chi connectivity index (χ1v) is 14.0. The van der Waals surface area contributed by atoms with Crippen LogP contribution in [-0.2, 0) is 18.3 Å². The molecule has 0 aliphatic heterocycles. The predicted octanol–water partition coefficient (Wildman–Crippen LogP) is 5.18. The lowest BCUT2D eigenvalue weighted by Gasteiger charge is -2.27. The van der Waals surface area contributed by atoms with Crippen LogP contribution < -0.4 is 4.89 Å². The highest BCUT2D eigenvalue weighted by molar-refractivity contribution is 7.45. The topological polar surface area (TPSA) is 88.0 Å². The van der Waals surface area contributed by atoms with Gasteiger partial charge in [-0.15, -0.1) is 0 Å². The van der Waals surface area contributed by atoms with Gasteiger partial charge in [0.2, 0.25) is 0 Å². The second kappa shape index (κ2) is 20.0. The van der Waals surface area contributed by atoms with Crippen LogP contribution in [0, 0.1) is 0 Å². The number of allylic oxidation sites excluding steroid dienone is 1. The fourth-order valence-electron chi connectivity index (χ4n) is 3.10. The fourth-order valence-corrected chi connectivity index (χ4v) is 3.83. The highest BCUT2D eigenvalue weighted by Crippen LogP contribution is 2.38. The fraction of sp³-hybridized carbons (Fsp3) is 0.917. The van der Waals surface area contributed by atoms with Crippen LogP contribution in [0.15, 0.2) is 12.3 Å². The summed E-state index contributed by atoms with van der Waals surface area (Å²) in [6.07, 6.45) is 19.4. The number of hydrogen-bond donors (Lipinski definition) is 1. The lowest BCUT2D eigenvalue weighted by molar-refractivity contribution is -0.870. The number of nitrogens with zero attached hydrogens (tertiary/aromatic N) is 1. The van der Waals surface area contributed by atoms with E-state index in [1.165, 1.54) is 70.6 Å². The first-order valence-electron chi connectivity index (χ1n) is 12.5. The average molecular weight is 480 g/mol. The minimum atomic E-state index is -4.40. The Morgan fingerprint density at radius 2 is 1.41 bits per heavy atom. The maximum atomic E-state index is 11.7. The van der Waals surface area contributed by atoms with Gasteiger partial charge >= 0.3 is 0 Å². The zero-order chi connectivity index (χ0) is 24.1. The van der Waals surface area contributed by atoms with E-state index in [1.54, 1.807) is 6.26 Å². The second-order valence-corrected chi connectivity index (χ2v) is 11.0. The molecule has 0 aliphatic carbocycles. The van der Waals surface area contributed by atoms with Crippen molar-refractivity contribution in [3.8, 4) is 0 Å². The van der Waals surface area contributed by atoms with Gasteiger partial charge in [0.05, 0.1) is 34.0 Å². The zero-order valence-corrected chi connectivity index (χ0v) is 22.0. The smallest absolute Gasteiger partial charge is 0.268 e. The van der Waals surface area contributed by atoms with Crippen molar-refractivity contribution in [3.05, 3.63) is 12.3 Å². The van der Waals surface area contributed by atoms with E-state index in [-0.39, 0.29) is 19.8 Å². The molecule has 2 atom stereocenters. The van der Waals surface area contributed by atoms with Crippen molar-refractivity contribution in [2.24, 2.45) is 0 Å². The van der Waals surface area contributed by atoms with Gasteiger partial charge in [0, 0.05) is 0 Å². The SMILES string of the molecule is CCCCCCCCCCCCCC/C=C\OC[C@@H](O)COP(=O)([O-])OCC[N+](C)(C)C. The first-order chi connectivity index (χ1) is 15.2. The largest absolute Gasteiger partial charge is 0.756 e. The Hall–Kier alpha value is -0.430. The van der Waals surface area contributed by atoms with Gasteiger partial charge in [0.15, 0.2) is 0 Å². The molecule has 0 bridgehead atoms. The number of quaternary nitrogens is 1. The number of ether oxygens (including phenoxy) is 1. The van der Waals surface area contributed by atoms with Crippen molar-refractivity contribution in [1.82, 2.24) is 0 Å². The number of unbranched alkanes of at least 4 members (excludes halogenated alkanes) is 12. The molecule has 0 aromatic heterocycles. The molecule has 192 valence electrons. The van der Waals surface area contributed by atoms with E-state index in [2.05, 4.69) is 6.92 Å². The standard InChI is InChI=1S/C24H50NO6P/c1-5-6-7-8-9-10-11-12-13-14-15-16-17-18-20-29-22-24(26)23-31-32(27,28)30-21-19-25(2,3)4/h18,20,24,26H,5-17,19,21-23H2,1-4H3/b20-18-/t24-/m1/s1. The number of phosphoric acid groups is 1. The molecule has 0 aliphatic rings. The third-order valence-corrected chi connectivity index (χ3v) is 6.11. The number of phosphoric ester groups is 1. The van der Waals surface area contributed by atoms with E-state index < -0.39 is 13.9 Å². The van der Waals surface area contributed by atoms with Crippen molar-refractivity contribution >= 4 is 7.82 Å². The number of likely N-dealkylation sites (N-methyl/N-ethyl adjacent to an activating group) is 1. The van der Waals surface area contributed by atoms with Crippen molar-refractivity contribution in [1.29, 1.82) is 0 Å². The second-order valence-electron chi connectivity index (χ2n) is 9.63. The summed E-state index contributed by atoms with van der Waals surface area (Å²) in [5, 5.41) is 9.78. The Morgan fingerprint density at radius 3 is 1.94 bits per heavy atom. The van der Waals surface area contributed by atoms with E-state index in [0.29, 0.717) is 11.0 Å². The molecular weight excluding hydrogens is 429 g/mol. The molecule has 7 nitrogen and oxygen atoms in total. The summed E-state index contributed by atoms with van der Waals surface area (Å²) in [7, 11) is 1.41. The van der Waals surface area contributed by atoms with Gasteiger partial charge < -0.3 is 28.3 Å². The maximum absolute atomic E-state index is 11.7. The molecule has 0 aromatic rings. The van der Waals surface area contributed by atoms with Gasteiger partial charge in [0.1, 0.15) is 25.9 Å². The molecule has 0 aromatic carbocycles. The molecule has 32 heavy (non-hydrogen) atoms. The van der Waals surface area contributed by atoms with E-state index in [4.69, 9.17) is 13.8 Å². The van der Waals surface area contributed by atoms with E-state index in [0.717, 1.165) is 12.8 Å². The highest BCUT2D eigenvalue weighted by Gasteiger charge is 2.15. The number of hydrogen-bond acceptors (Lipinski definition) is 6. The molecule has 0 heterocycles. The molecular formula is C24H50NO6P. The summed E-state index contributed by atoms with van der Waals surface area (Å²) in [6, 6.07) is 0. The number of aliphatic hydroxyl groups excluding tert-OH is 1. The van der Waals surface area contributed by atoms with Gasteiger partial charge in [-0.25, -0.2) is 0 Å². The minimum Gasteiger partial charge on any atom is -0.756 e. The Balaban J connectivity index is 3.50. The van der Waals surface area contributed by atoms with Crippen LogP contribution in [0.5, 0.6) is 0 Å². The third-order valence-electron chi connectivity index (χ3n) is 5.14. The monoisotopic (exact) mass is 479 g/mol. The van der Waals surface area contributed by atoms with Crippen LogP contribution in [0.4, 0.5) is 0 Å². The maximum Gasteiger partial charge on any atom is 0.268 e. The molecule has 0 saturated heterocycles. The Morgan fingerprint density at radius 1 is 0.875 bits per heavy atom. The first kappa shape index (κ1) is 31.6. The third kappa shape index (κ3) is 24.2. The summed E-state index contributed by atoms with van der Waals surface area (Å²) in [5.74, 6) is 0.